The molecule has 0 amide bonds. The predicted molar refractivity (Wildman–Crippen MR) is 293 cm³/mol. The quantitative estimate of drug-likeness (QED) is 0.0804. The van der Waals surface area contributed by atoms with Crippen LogP contribution < -0.4 is 13.6 Å². The molecule has 0 aliphatic rings. The van der Waals surface area contributed by atoms with Gasteiger partial charge in [0, 0.05) is 52.2 Å². The second kappa shape index (κ2) is 22.1. The summed E-state index contributed by atoms with van der Waals surface area (Å²) < 4.78 is 37.5. The van der Waals surface area contributed by atoms with Crippen molar-refractivity contribution in [3.63, 3.8) is 0 Å². The van der Waals surface area contributed by atoms with Gasteiger partial charge < -0.3 is 13.6 Å². The monoisotopic (exact) mass is 950 g/mol. The Hall–Kier alpha value is -7.39. The molecule has 0 heterocycles. The van der Waals surface area contributed by atoms with Gasteiger partial charge in [0.1, 0.15) is 17.2 Å². The van der Waals surface area contributed by atoms with Crippen LogP contribution >= 0.6 is 7.82 Å². The third-order valence-corrected chi connectivity index (χ3v) is 15.7. The van der Waals surface area contributed by atoms with Crippen molar-refractivity contribution in [3.05, 3.63) is 303 Å². The summed E-state index contributed by atoms with van der Waals surface area (Å²) in [6.07, 6.45) is 0. The highest BCUT2D eigenvalue weighted by Gasteiger charge is 2.38. The second-order valence-electron chi connectivity index (χ2n) is 18.9. The Morgan fingerprint density at radius 2 is 0.451 bits per heavy atom. The molecule has 0 spiro atoms. The average Bonchev–Trinajstić information content (AvgIpc) is 3.43. The lowest BCUT2D eigenvalue weighted by atomic mass is 9.87. The zero-order valence-electron chi connectivity index (χ0n) is 41.6. The molecule has 6 atom stereocenters. The molecule has 0 saturated heterocycles. The van der Waals surface area contributed by atoms with E-state index < -0.39 is 7.82 Å². The van der Waals surface area contributed by atoms with Crippen molar-refractivity contribution in [3.8, 4) is 17.2 Å². The van der Waals surface area contributed by atoms with Crippen LogP contribution in [0.5, 0.6) is 17.2 Å². The summed E-state index contributed by atoms with van der Waals surface area (Å²) in [5.74, 6) is 1.12. The van der Waals surface area contributed by atoms with Crippen LogP contribution in [0.4, 0.5) is 0 Å². The molecule has 9 aromatic rings. The van der Waals surface area contributed by atoms with Gasteiger partial charge in [-0.25, -0.2) is 0 Å². The molecule has 0 N–H and O–H groups in total. The molecule has 71 heavy (non-hydrogen) atoms. The maximum atomic E-state index is 16.5. The standard InChI is InChI=1S/C66H63O4P/c1-46(52-25-13-7-14-26-52)58-37-40-64(61(43-58)49(4)55-31-19-10-20-32-55)68-71(67,69-65-41-38-59(47(2)53-27-15-8-16-28-53)44-62(65)50(5)56-33-21-11-22-34-56)70-66-42-39-60(48(3)54-29-17-9-18-30-54)45-63(66)51(6)57-35-23-12-24-36-57/h7-51H,1-6H3. The van der Waals surface area contributed by atoms with Crippen molar-refractivity contribution in [1.82, 2.24) is 0 Å². The van der Waals surface area contributed by atoms with Crippen molar-refractivity contribution < 1.29 is 18.1 Å². The molecule has 9 rings (SSSR count). The highest BCUT2D eigenvalue weighted by Crippen LogP contribution is 2.55. The van der Waals surface area contributed by atoms with Crippen LogP contribution in [0.15, 0.2) is 237 Å². The van der Waals surface area contributed by atoms with Crippen molar-refractivity contribution >= 4 is 7.82 Å². The highest BCUT2D eigenvalue weighted by atomic mass is 31.2. The van der Waals surface area contributed by atoms with Gasteiger partial charge in [0.15, 0.2) is 0 Å². The third kappa shape index (κ3) is 11.3. The van der Waals surface area contributed by atoms with E-state index in [0.717, 1.165) is 50.1 Å². The minimum Gasteiger partial charge on any atom is -0.386 e. The van der Waals surface area contributed by atoms with Crippen LogP contribution in [0.3, 0.4) is 0 Å². The molecule has 9 aromatic carbocycles. The maximum absolute atomic E-state index is 16.5. The summed E-state index contributed by atoms with van der Waals surface area (Å²) in [6, 6.07) is 81.3. The van der Waals surface area contributed by atoms with Crippen molar-refractivity contribution in [1.29, 1.82) is 0 Å². The summed E-state index contributed by atoms with van der Waals surface area (Å²) in [7, 11) is -4.65. The van der Waals surface area contributed by atoms with Gasteiger partial charge in [0.05, 0.1) is 0 Å². The topological polar surface area (TPSA) is 44.8 Å². The fourth-order valence-electron chi connectivity index (χ4n) is 9.76. The first-order valence-corrected chi connectivity index (χ1v) is 26.4. The SMILES string of the molecule is CC(c1ccccc1)c1ccc(OP(=O)(Oc2ccc(C(C)c3ccccc3)cc2C(C)c2ccccc2)Oc2ccc(C(C)c3ccccc3)cc2C(C)c2ccccc2)c(C(C)c2ccccc2)c1. The Kier molecular flexibility index (Phi) is 15.2. The molecule has 0 bridgehead atoms. The number of hydrogen-bond acceptors (Lipinski definition) is 4. The molecular weight excluding hydrogens is 888 g/mol. The largest absolute Gasteiger partial charge is 0.647 e. The van der Waals surface area contributed by atoms with E-state index in [1.54, 1.807) is 0 Å². The molecule has 0 aromatic heterocycles. The lowest BCUT2D eigenvalue weighted by molar-refractivity contribution is 0.294. The van der Waals surface area contributed by atoms with Crippen molar-refractivity contribution in [2.45, 2.75) is 77.0 Å². The first kappa shape index (κ1) is 48.6. The number of hydrogen-bond donors (Lipinski definition) is 0. The Bertz CT molecular complexity index is 2840. The Balaban J connectivity index is 1.21. The average molecular weight is 951 g/mol. The molecule has 6 unspecified atom stereocenters. The van der Waals surface area contributed by atoms with Gasteiger partial charge in [-0.05, 0) is 68.3 Å². The van der Waals surface area contributed by atoms with Crippen molar-refractivity contribution in [2.75, 3.05) is 0 Å². The highest BCUT2D eigenvalue weighted by molar-refractivity contribution is 7.49. The van der Waals surface area contributed by atoms with E-state index in [9.17, 15) is 0 Å². The van der Waals surface area contributed by atoms with Gasteiger partial charge in [0.2, 0.25) is 0 Å². The van der Waals surface area contributed by atoms with Crippen LogP contribution in [0, 0.1) is 0 Å². The molecule has 0 saturated carbocycles. The fourth-order valence-corrected chi connectivity index (χ4v) is 11.1. The van der Waals surface area contributed by atoms with E-state index >= 15 is 4.57 Å². The Morgan fingerprint density at radius 1 is 0.254 bits per heavy atom. The summed E-state index contributed by atoms with van der Waals surface area (Å²) in [5, 5.41) is 0. The van der Waals surface area contributed by atoms with Gasteiger partial charge in [0.25, 0.3) is 0 Å². The molecule has 0 radical (unpaired) electrons. The van der Waals surface area contributed by atoms with E-state index in [1.165, 1.54) is 16.7 Å². The van der Waals surface area contributed by atoms with Gasteiger partial charge >= 0.3 is 7.82 Å². The smallest absolute Gasteiger partial charge is 0.386 e. The zero-order chi connectivity index (χ0) is 49.3. The van der Waals surface area contributed by atoms with Crippen LogP contribution in [0.1, 0.15) is 144 Å². The zero-order valence-corrected chi connectivity index (χ0v) is 42.5. The lowest BCUT2D eigenvalue weighted by Gasteiger charge is -2.27. The number of rotatable bonds is 18. The van der Waals surface area contributed by atoms with Crippen LogP contribution in [0.2, 0.25) is 0 Å². The molecule has 0 aliphatic carbocycles. The number of phosphoric acid groups is 1. The molecule has 5 heteroatoms. The molecular formula is C66H63O4P. The van der Waals surface area contributed by atoms with Crippen LogP contribution in [0.25, 0.3) is 0 Å². The predicted octanol–water partition coefficient (Wildman–Crippen LogP) is 18.2. The first-order chi connectivity index (χ1) is 34.5. The van der Waals surface area contributed by atoms with Gasteiger partial charge in [-0.2, -0.15) is 4.57 Å². The first-order valence-electron chi connectivity index (χ1n) is 24.9. The maximum Gasteiger partial charge on any atom is 0.647 e. The Labute approximate surface area is 421 Å². The van der Waals surface area contributed by atoms with E-state index in [1.807, 2.05) is 54.6 Å². The minimum atomic E-state index is -4.65. The number of benzene rings is 9. The fraction of sp³-hybridized carbons (Fsp3) is 0.182. The molecule has 0 aliphatic heterocycles. The summed E-state index contributed by atoms with van der Waals surface area (Å²) in [6.45, 7) is 13.2. The van der Waals surface area contributed by atoms with Crippen LogP contribution in [-0.4, -0.2) is 0 Å². The van der Waals surface area contributed by atoms with Gasteiger partial charge in [-0.15, -0.1) is 0 Å². The van der Waals surface area contributed by atoms with Gasteiger partial charge in [-0.3, -0.25) is 0 Å². The summed E-state index contributed by atoms with van der Waals surface area (Å²) in [5.41, 5.74) is 12.9. The van der Waals surface area contributed by atoms with E-state index in [-0.39, 0.29) is 35.5 Å². The molecule has 356 valence electrons. The summed E-state index contributed by atoms with van der Waals surface area (Å²) >= 11 is 0. The van der Waals surface area contributed by atoms with Crippen LogP contribution in [-0.2, 0) is 4.57 Å². The van der Waals surface area contributed by atoms with Crippen molar-refractivity contribution in [2.24, 2.45) is 0 Å². The molecule has 0 fully saturated rings. The third-order valence-electron chi connectivity index (χ3n) is 14.4. The summed E-state index contributed by atoms with van der Waals surface area (Å²) in [4.78, 5) is 0. The van der Waals surface area contributed by atoms with E-state index in [4.69, 9.17) is 13.6 Å². The molecule has 4 nitrogen and oxygen atoms in total. The normalized spacial score (nSPS) is 14.7. The van der Waals surface area contributed by atoms with Gasteiger partial charge in [-0.1, -0.05) is 260 Å². The lowest BCUT2D eigenvalue weighted by Crippen LogP contribution is -2.13. The second-order valence-corrected chi connectivity index (χ2v) is 20.3. The van der Waals surface area contributed by atoms with E-state index in [0.29, 0.717) is 17.2 Å². The Morgan fingerprint density at radius 3 is 0.662 bits per heavy atom. The minimum absolute atomic E-state index is 0.0870. The number of phosphoric ester groups is 1. The van der Waals surface area contributed by atoms with E-state index in [2.05, 4.69) is 224 Å².